The highest BCUT2D eigenvalue weighted by atomic mass is 32.2. The van der Waals surface area contributed by atoms with Gasteiger partial charge in [0.2, 0.25) is 10.0 Å². The molecule has 0 radical (unpaired) electrons. The Morgan fingerprint density at radius 1 is 1.40 bits per heavy atom. The molecule has 20 heavy (non-hydrogen) atoms. The van der Waals surface area contributed by atoms with Crippen molar-refractivity contribution in [3.8, 4) is 0 Å². The maximum Gasteiger partial charge on any atom is 0.270 e. The molecule has 2 atom stereocenters. The van der Waals surface area contributed by atoms with Gasteiger partial charge in [0.05, 0.1) is 10.6 Å². The number of nitro groups is 1. The number of anilines is 1. The highest BCUT2D eigenvalue weighted by Crippen LogP contribution is 2.28. The number of benzene rings is 1. The van der Waals surface area contributed by atoms with Gasteiger partial charge in [-0.05, 0) is 31.2 Å². The summed E-state index contributed by atoms with van der Waals surface area (Å²) in [6.45, 7) is 2.07. The van der Waals surface area contributed by atoms with Crippen LogP contribution in [-0.4, -0.2) is 19.4 Å². The van der Waals surface area contributed by atoms with Gasteiger partial charge in [-0.3, -0.25) is 10.1 Å². The fourth-order valence-electron chi connectivity index (χ4n) is 2.47. The van der Waals surface area contributed by atoms with Crippen LogP contribution in [-0.2, 0) is 10.0 Å². The van der Waals surface area contributed by atoms with E-state index in [0.29, 0.717) is 5.92 Å². The number of nitrogens with two attached hydrogens (primary N) is 1. The van der Waals surface area contributed by atoms with E-state index in [1.165, 1.54) is 12.1 Å². The second kappa shape index (κ2) is 5.37. The van der Waals surface area contributed by atoms with E-state index in [-0.39, 0.29) is 22.3 Å². The molecule has 1 saturated carbocycles. The SMILES string of the molecule is CC1CCC(NS(=O)(=O)c2cc([N+](=O)[O-])ccc2N)C1. The Bertz CT molecular complexity index is 630. The van der Waals surface area contributed by atoms with Crippen LogP contribution in [0.25, 0.3) is 0 Å². The molecule has 0 aromatic heterocycles. The monoisotopic (exact) mass is 299 g/mol. The Hall–Kier alpha value is -1.67. The van der Waals surface area contributed by atoms with Gasteiger partial charge < -0.3 is 5.73 Å². The van der Waals surface area contributed by atoms with Crippen molar-refractivity contribution in [2.45, 2.75) is 37.1 Å². The zero-order valence-corrected chi connectivity index (χ0v) is 11.9. The molecule has 2 rings (SSSR count). The van der Waals surface area contributed by atoms with Crippen LogP contribution in [0.2, 0.25) is 0 Å². The molecule has 0 aliphatic heterocycles. The van der Waals surface area contributed by atoms with E-state index in [2.05, 4.69) is 11.6 Å². The molecule has 0 saturated heterocycles. The minimum atomic E-state index is -3.83. The first kappa shape index (κ1) is 14.7. The molecule has 0 bridgehead atoms. The van der Waals surface area contributed by atoms with Crippen LogP contribution >= 0.6 is 0 Å². The zero-order chi connectivity index (χ0) is 14.9. The quantitative estimate of drug-likeness (QED) is 0.498. The van der Waals surface area contributed by atoms with Gasteiger partial charge in [0.1, 0.15) is 4.90 Å². The number of non-ortho nitro benzene ring substituents is 1. The minimum absolute atomic E-state index is 0.00847. The van der Waals surface area contributed by atoms with E-state index in [9.17, 15) is 18.5 Å². The van der Waals surface area contributed by atoms with Crippen molar-refractivity contribution in [3.63, 3.8) is 0 Å². The summed E-state index contributed by atoms with van der Waals surface area (Å²) in [6, 6.07) is 3.29. The number of nitro benzene ring substituents is 1. The number of nitrogens with zero attached hydrogens (tertiary/aromatic N) is 1. The molecule has 1 fully saturated rings. The summed E-state index contributed by atoms with van der Waals surface area (Å²) in [4.78, 5) is 9.86. The Morgan fingerprint density at radius 2 is 2.10 bits per heavy atom. The normalized spacial score (nSPS) is 22.9. The average molecular weight is 299 g/mol. The van der Waals surface area contributed by atoms with Gasteiger partial charge in [-0.25, -0.2) is 13.1 Å². The Morgan fingerprint density at radius 3 is 2.65 bits per heavy atom. The summed E-state index contributed by atoms with van der Waals surface area (Å²) in [5, 5.41) is 10.7. The Kier molecular flexibility index (Phi) is 3.96. The lowest BCUT2D eigenvalue weighted by Gasteiger charge is -2.14. The van der Waals surface area contributed by atoms with Crippen LogP contribution in [0.3, 0.4) is 0 Å². The molecule has 0 heterocycles. The van der Waals surface area contributed by atoms with Crippen LogP contribution in [0.15, 0.2) is 23.1 Å². The summed E-state index contributed by atoms with van der Waals surface area (Å²) in [5.41, 5.74) is 5.35. The second-order valence-electron chi connectivity index (χ2n) is 5.22. The first-order chi connectivity index (χ1) is 9.29. The van der Waals surface area contributed by atoms with E-state index in [4.69, 9.17) is 5.73 Å². The van der Waals surface area contributed by atoms with E-state index in [1.807, 2.05) is 0 Å². The van der Waals surface area contributed by atoms with Gasteiger partial charge in [0.25, 0.3) is 5.69 Å². The number of hydrogen-bond donors (Lipinski definition) is 2. The fraction of sp³-hybridized carbons (Fsp3) is 0.500. The van der Waals surface area contributed by atoms with E-state index in [1.54, 1.807) is 0 Å². The average Bonchev–Trinajstić information content (AvgIpc) is 2.73. The van der Waals surface area contributed by atoms with E-state index < -0.39 is 14.9 Å². The molecular weight excluding hydrogens is 282 g/mol. The van der Waals surface area contributed by atoms with Crippen molar-refractivity contribution >= 4 is 21.4 Å². The van der Waals surface area contributed by atoms with Gasteiger partial charge in [-0.1, -0.05) is 6.92 Å². The smallest absolute Gasteiger partial charge is 0.270 e. The molecule has 1 aliphatic carbocycles. The fourth-order valence-corrected chi connectivity index (χ4v) is 3.90. The lowest BCUT2D eigenvalue weighted by atomic mass is 10.1. The largest absolute Gasteiger partial charge is 0.398 e. The third-order valence-electron chi connectivity index (χ3n) is 3.51. The molecule has 7 nitrogen and oxygen atoms in total. The summed E-state index contributed by atoms with van der Waals surface area (Å²) >= 11 is 0. The van der Waals surface area contributed by atoms with Crippen LogP contribution in [0.1, 0.15) is 26.2 Å². The summed E-state index contributed by atoms with van der Waals surface area (Å²) < 4.78 is 27.1. The van der Waals surface area contributed by atoms with Crippen molar-refractivity contribution in [2.24, 2.45) is 5.92 Å². The predicted octanol–water partition coefficient (Wildman–Crippen LogP) is 1.64. The van der Waals surface area contributed by atoms with Crippen molar-refractivity contribution in [2.75, 3.05) is 5.73 Å². The summed E-state index contributed by atoms with van der Waals surface area (Å²) in [7, 11) is -3.83. The molecule has 0 spiro atoms. The lowest BCUT2D eigenvalue weighted by Crippen LogP contribution is -2.33. The number of nitrogen functional groups attached to an aromatic ring is 1. The van der Waals surface area contributed by atoms with Crippen molar-refractivity contribution in [1.82, 2.24) is 4.72 Å². The van der Waals surface area contributed by atoms with Gasteiger partial charge in [0, 0.05) is 18.2 Å². The van der Waals surface area contributed by atoms with Crippen molar-refractivity contribution < 1.29 is 13.3 Å². The van der Waals surface area contributed by atoms with Crippen LogP contribution in [0, 0.1) is 16.0 Å². The van der Waals surface area contributed by atoms with Gasteiger partial charge in [-0.15, -0.1) is 0 Å². The standard InChI is InChI=1S/C12H17N3O4S/c1-8-2-3-9(6-8)14-20(18,19)12-7-10(15(16)17)4-5-11(12)13/h4-5,7-9,14H,2-3,6,13H2,1H3. The highest BCUT2D eigenvalue weighted by molar-refractivity contribution is 7.89. The van der Waals surface area contributed by atoms with Gasteiger partial charge >= 0.3 is 0 Å². The predicted molar refractivity (Wildman–Crippen MR) is 74.6 cm³/mol. The lowest BCUT2D eigenvalue weighted by molar-refractivity contribution is -0.385. The van der Waals surface area contributed by atoms with E-state index >= 15 is 0 Å². The summed E-state index contributed by atoms with van der Waals surface area (Å²) in [6.07, 6.45) is 2.51. The second-order valence-corrected chi connectivity index (χ2v) is 6.90. The third-order valence-corrected chi connectivity index (χ3v) is 5.09. The Balaban J connectivity index is 2.29. The Labute approximate surface area is 117 Å². The first-order valence-corrected chi connectivity index (χ1v) is 7.84. The van der Waals surface area contributed by atoms with Crippen LogP contribution in [0.5, 0.6) is 0 Å². The molecule has 3 N–H and O–H groups in total. The topological polar surface area (TPSA) is 115 Å². The molecule has 110 valence electrons. The molecule has 8 heteroatoms. The summed E-state index contributed by atoms with van der Waals surface area (Å²) in [5.74, 6) is 0.477. The molecule has 2 unspecified atom stereocenters. The third kappa shape index (κ3) is 3.07. The minimum Gasteiger partial charge on any atom is -0.398 e. The number of nitrogens with one attached hydrogen (secondary N) is 1. The maximum atomic E-state index is 12.3. The molecule has 0 amide bonds. The highest BCUT2D eigenvalue weighted by Gasteiger charge is 2.28. The number of hydrogen-bond acceptors (Lipinski definition) is 5. The van der Waals surface area contributed by atoms with Gasteiger partial charge in [0.15, 0.2) is 0 Å². The van der Waals surface area contributed by atoms with Crippen molar-refractivity contribution in [3.05, 3.63) is 28.3 Å². The van der Waals surface area contributed by atoms with Crippen molar-refractivity contribution in [1.29, 1.82) is 0 Å². The number of sulfonamides is 1. The zero-order valence-electron chi connectivity index (χ0n) is 11.1. The molecular formula is C12H17N3O4S. The van der Waals surface area contributed by atoms with Gasteiger partial charge in [-0.2, -0.15) is 0 Å². The maximum absolute atomic E-state index is 12.3. The molecule has 1 aromatic rings. The number of rotatable bonds is 4. The van der Waals surface area contributed by atoms with Crippen LogP contribution in [0.4, 0.5) is 11.4 Å². The van der Waals surface area contributed by atoms with Crippen LogP contribution < -0.4 is 10.5 Å². The van der Waals surface area contributed by atoms with E-state index in [0.717, 1.165) is 25.3 Å². The first-order valence-electron chi connectivity index (χ1n) is 6.36. The molecule has 1 aromatic carbocycles. The molecule has 1 aliphatic rings.